The molecule has 138 valence electrons. The van der Waals surface area contributed by atoms with Crippen LogP contribution >= 0.6 is 11.6 Å². The average Bonchev–Trinajstić information content (AvgIpc) is 2.65. The molecule has 0 bridgehead atoms. The molecule has 0 atom stereocenters. The van der Waals surface area contributed by atoms with E-state index >= 15 is 0 Å². The molecule has 0 saturated heterocycles. The molecule has 1 aromatic heterocycles. The molecule has 0 radical (unpaired) electrons. The number of halogens is 1. The molecule has 3 rings (SSSR count). The van der Waals surface area contributed by atoms with Crippen molar-refractivity contribution in [2.45, 2.75) is 27.3 Å². The number of benzene rings is 2. The molecule has 0 aliphatic rings. The normalized spacial score (nSPS) is 10.8. The zero-order valence-corrected chi connectivity index (χ0v) is 16.1. The van der Waals surface area contributed by atoms with E-state index in [4.69, 9.17) is 11.6 Å². The van der Waals surface area contributed by atoms with E-state index in [0.29, 0.717) is 28.2 Å². The number of anilines is 1. The van der Waals surface area contributed by atoms with Crippen LogP contribution in [-0.4, -0.2) is 16.3 Å². The van der Waals surface area contributed by atoms with Gasteiger partial charge in [0.2, 0.25) is 5.43 Å². The van der Waals surface area contributed by atoms with Crippen LogP contribution in [0.25, 0.3) is 10.9 Å². The molecule has 0 aliphatic carbocycles. The summed E-state index contributed by atoms with van der Waals surface area (Å²) in [7, 11) is 0. The third-order valence-electron chi connectivity index (χ3n) is 4.56. The molecule has 0 fully saturated rings. The summed E-state index contributed by atoms with van der Waals surface area (Å²) in [6.45, 7) is 5.86. The molecule has 0 spiro atoms. The maximum absolute atomic E-state index is 12.9. The summed E-state index contributed by atoms with van der Waals surface area (Å²) in [4.78, 5) is 36.9. The van der Waals surface area contributed by atoms with Gasteiger partial charge in [-0.3, -0.25) is 14.4 Å². The fraction of sp³-hybridized carbons (Fsp3) is 0.190. The molecule has 3 aromatic rings. The number of hydrogen-bond acceptors (Lipinski definition) is 3. The molecular weight excluding hydrogens is 364 g/mol. The number of ketones is 1. The van der Waals surface area contributed by atoms with Crippen LogP contribution < -0.4 is 10.7 Å². The van der Waals surface area contributed by atoms with Crippen molar-refractivity contribution in [2.24, 2.45) is 0 Å². The van der Waals surface area contributed by atoms with Crippen LogP contribution in [0.3, 0.4) is 0 Å². The highest BCUT2D eigenvalue weighted by atomic mass is 35.5. The fourth-order valence-electron chi connectivity index (χ4n) is 3.05. The third-order valence-corrected chi connectivity index (χ3v) is 4.97. The Morgan fingerprint density at radius 3 is 2.37 bits per heavy atom. The number of fused-ring (bicyclic) bond motifs is 1. The van der Waals surface area contributed by atoms with E-state index in [2.05, 4.69) is 5.32 Å². The Bertz CT molecular complexity index is 1110. The van der Waals surface area contributed by atoms with Gasteiger partial charge in [-0.2, -0.15) is 0 Å². The van der Waals surface area contributed by atoms with E-state index in [1.165, 1.54) is 6.92 Å². The molecule has 0 unspecified atom stereocenters. The standard InChI is InChI=1S/C21H19ClN2O3/c1-4-24-11-17(20(26)16-9-10-18(22)12(2)19(16)24)21(27)23-15-7-5-14(6-8-15)13(3)25/h5-11H,4H2,1-3H3,(H,23,27). The lowest BCUT2D eigenvalue weighted by Crippen LogP contribution is -2.24. The van der Waals surface area contributed by atoms with Crippen LogP contribution in [0.1, 0.15) is 40.1 Å². The van der Waals surface area contributed by atoms with E-state index in [1.807, 2.05) is 18.4 Å². The van der Waals surface area contributed by atoms with E-state index in [1.54, 1.807) is 42.6 Å². The quantitative estimate of drug-likeness (QED) is 0.678. The first kappa shape index (κ1) is 18.9. The van der Waals surface area contributed by atoms with Gasteiger partial charge < -0.3 is 9.88 Å². The molecule has 6 heteroatoms. The Morgan fingerprint density at radius 2 is 1.78 bits per heavy atom. The Labute approximate surface area is 161 Å². The van der Waals surface area contributed by atoms with Crippen LogP contribution in [0.5, 0.6) is 0 Å². The third kappa shape index (κ3) is 3.51. The van der Waals surface area contributed by atoms with Gasteiger partial charge in [-0.15, -0.1) is 0 Å². The first-order valence-corrected chi connectivity index (χ1v) is 8.96. The number of Topliss-reactive ketones (excluding diaryl/α,β-unsaturated/α-hetero) is 1. The van der Waals surface area contributed by atoms with Crippen molar-refractivity contribution in [2.75, 3.05) is 5.32 Å². The van der Waals surface area contributed by atoms with E-state index in [-0.39, 0.29) is 16.8 Å². The second-order valence-electron chi connectivity index (χ2n) is 6.31. The maximum atomic E-state index is 12.9. The van der Waals surface area contributed by atoms with E-state index in [9.17, 15) is 14.4 Å². The van der Waals surface area contributed by atoms with Gasteiger partial charge >= 0.3 is 0 Å². The minimum absolute atomic E-state index is 0.0535. The number of aromatic nitrogens is 1. The summed E-state index contributed by atoms with van der Waals surface area (Å²) >= 11 is 6.19. The molecule has 2 aromatic carbocycles. The van der Waals surface area contributed by atoms with Crippen molar-refractivity contribution < 1.29 is 9.59 Å². The van der Waals surface area contributed by atoms with Crippen molar-refractivity contribution in [3.63, 3.8) is 0 Å². The maximum Gasteiger partial charge on any atom is 0.261 e. The smallest absolute Gasteiger partial charge is 0.261 e. The lowest BCUT2D eigenvalue weighted by molar-refractivity contribution is 0.101. The van der Waals surface area contributed by atoms with Crippen molar-refractivity contribution in [3.8, 4) is 0 Å². The summed E-state index contributed by atoms with van der Waals surface area (Å²) in [5.41, 5.74) is 2.32. The largest absolute Gasteiger partial charge is 0.346 e. The summed E-state index contributed by atoms with van der Waals surface area (Å²) in [6, 6.07) is 9.86. The van der Waals surface area contributed by atoms with E-state index in [0.717, 1.165) is 11.1 Å². The van der Waals surface area contributed by atoms with Crippen molar-refractivity contribution in [3.05, 3.63) is 74.5 Å². The van der Waals surface area contributed by atoms with Gasteiger partial charge in [0.15, 0.2) is 5.78 Å². The summed E-state index contributed by atoms with van der Waals surface area (Å²) < 4.78 is 1.85. The molecule has 5 nitrogen and oxygen atoms in total. The highest BCUT2D eigenvalue weighted by Gasteiger charge is 2.17. The number of nitrogens with zero attached hydrogens (tertiary/aromatic N) is 1. The van der Waals surface area contributed by atoms with Gasteiger partial charge in [-0.05, 0) is 62.7 Å². The average molecular weight is 383 g/mol. The van der Waals surface area contributed by atoms with Crippen LogP contribution in [0.2, 0.25) is 5.02 Å². The molecule has 0 saturated carbocycles. The molecular formula is C21H19ClN2O3. The molecule has 27 heavy (non-hydrogen) atoms. The number of carbonyl (C=O) groups is 2. The zero-order valence-electron chi connectivity index (χ0n) is 15.3. The molecule has 1 heterocycles. The Kier molecular flexibility index (Phi) is 5.15. The Hall–Kier alpha value is -2.92. The predicted octanol–water partition coefficient (Wildman–Crippen LogP) is 4.44. The van der Waals surface area contributed by atoms with Crippen LogP contribution in [0, 0.1) is 6.92 Å². The van der Waals surface area contributed by atoms with Crippen molar-refractivity contribution in [1.29, 1.82) is 0 Å². The molecule has 1 amide bonds. The first-order chi connectivity index (χ1) is 12.8. The second kappa shape index (κ2) is 7.37. The number of carbonyl (C=O) groups excluding carboxylic acids is 2. The molecule has 1 N–H and O–H groups in total. The van der Waals surface area contributed by atoms with Crippen LogP contribution in [-0.2, 0) is 6.54 Å². The van der Waals surface area contributed by atoms with Crippen molar-refractivity contribution >= 4 is 39.9 Å². The monoisotopic (exact) mass is 382 g/mol. The van der Waals surface area contributed by atoms with Gasteiger partial charge in [-0.1, -0.05) is 11.6 Å². The van der Waals surface area contributed by atoms with Gasteiger partial charge in [0.1, 0.15) is 5.56 Å². The first-order valence-electron chi connectivity index (χ1n) is 8.58. The minimum Gasteiger partial charge on any atom is -0.346 e. The van der Waals surface area contributed by atoms with Gasteiger partial charge in [0.05, 0.1) is 5.52 Å². The predicted molar refractivity (Wildman–Crippen MR) is 108 cm³/mol. The second-order valence-corrected chi connectivity index (χ2v) is 6.72. The summed E-state index contributed by atoms with van der Waals surface area (Å²) in [5.74, 6) is -0.547. The number of pyridine rings is 1. The van der Waals surface area contributed by atoms with Gasteiger partial charge in [-0.25, -0.2) is 0 Å². The Balaban J connectivity index is 2.04. The number of hydrogen-bond donors (Lipinski definition) is 1. The lowest BCUT2D eigenvalue weighted by atomic mass is 10.1. The number of aryl methyl sites for hydroxylation is 2. The highest BCUT2D eigenvalue weighted by molar-refractivity contribution is 6.32. The Morgan fingerprint density at radius 1 is 1.11 bits per heavy atom. The van der Waals surface area contributed by atoms with Crippen molar-refractivity contribution in [1.82, 2.24) is 4.57 Å². The summed E-state index contributed by atoms with van der Waals surface area (Å²) in [6.07, 6.45) is 1.56. The minimum atomic E-state index is -0.493. The van der Waals surface area contributed by atoms with Gasteiger partial charge in [0.25, 0.3) is 5.91 Å². The molecule has 0 aliphatic heterocycles. The number of nitrogens with one attached hydrogen (secondary N) is 1. The topological polar surface area (TPSA) is 68.2 Å². The fourth-order valence-corrected chi connectivity index (χ4v) is 3.20. The van der Waals surface area contributed by atoms with Crippen LogP contribution in [0.15, 0.2) is 47.4 Å². The highest BCUT2D eigenvalue weighted by Crippen LogP contribution is 2.24. The van der Waals surface area contributed by atoms with Crippen LogP contribution in [0.4, 0.5) is 5.69 Å². The number of rotatable bonds is 4. The SMILES string of the molecule is CCn1cc(C(=O)Nc2ccc(C(C)=O)cc2)c(=O)c2ccc(Cl)c(C)c21. The van der Waals surface area contributed by atoms with Gasteiger partial charge in [0, 0.05) is 34.4 Å². The number of amides is 1. The van der Waals surface area contributed by atoms with E-state index < -0.39 is 5.91 Å². The lowest BCUT2D eigenvalue weighted by Gasteiger charge is -2.14. The zero-order chi connectivity index (χ0) is 19.7. The summed E-state index contributed by atoms with van der Waals surface area (Å²) in [5, 5.41) is 3.75.